The van der Waals surface area contributed by atoms with E-state index in [9.17, 15) is 20.0 Å². The number of nitro benzene ring substituents is 1. The molecule has 0 atom stereocenters. The van der Waals surface area contributed by atoms with Crippen molar-refractivity contribution in [1.29, 1.82) is 0 Å². The van der Waals surface area contributed by atoms with E-state index in [0.717, 1.165) is 0 Å². The van der Waals surface area contributed by atoms with Crippen molar-refractivity contribution in [1.82, 2.24) is 0 Å². The summed E-state index contributed by atoms with van der Waals surface area (Å²) in [5.41, 5.74) is 4.03. The van der Waals surface area contributed by atoms with Gasteiger partial charge in [0.05, 0.1) is 10.6 Å². The molecule has 0 aliphatic heterocycles. The normalized spacial score (nSPS) is 11.3. The summed E-state index contributed by atoms with van der Waals surface area (Å²) in [6.45, 7) is 0. The molecule has 3 N–H and O–H groups in total. The van der Waals surface area contributed by atoms with Crippen LogP contribution in [0.25, 0.3) is 11.0 Å². The number of carbonyl (C=O) groups excluding carboxylic acids is 1. The van der Waals surface area contributed by atoms with Crippen LogP contribution in [0.3, 0.4) is 0 Å². The third kappa shape index (κ3) is 4.51. The van der Waals surface area contributed by atoms with E-state index in [2.05, 4.69) is 15.8 Å². The Labute approximate surface area is 175 Å². The number of nitrogens with one attached hydrogen (secondary N) is 2. The lowest BCUT2D eigenvalue weighted by Gasteiger charge is -2.07. The smallest absolute Gasteiger partial charge is 0.271 e. The van der Waals surface area contributed by atoms with Gasteiger partial charge in [-0.25, -0.2) is 0 Å². The van der Waals surface area contributed by atoms with Crippen molar-refractivity contribution in [3.05, 3.63) is 100 Å². The molecule has 9 nitrogen and oxygen atoms in total. The Morgan fingerprint density at radius 2 is 1.74 bits per heavy atom. The fraction of sp³-hybridized carbons (Fsp3) is 0. The van der Waals surface area contributed by atoms with E-state index in [4.69, 9.17) is 4.42 Å². The molecule has 3 aromatic carbocycles. The molecule has 154 valence electrons. The van der Waals surface area contributed by atoms with E-state index in [1.165, 1.54) is 30.3 Å². The van der Waals surface area contributed by atoms with Gasteiger partial charge >= 0.3 is 0 Å². The van der Waals surface area contributed by atoms with Crippen LogP contribution in [0.5, 0.6) is 5.75 Å². The molecule has 1 amide bonds. The van der Waals surface area contributed by atoms with Crippen molar-refractivity contribution < 1.29 is 19.2 Å². The summed E-state index contributed by atoms with van der Waals surface area (Å²) in [7, 11) is 0. The molecule has 1 heterocycles. The van der Waals surface area contributed by atoms with Gasteiger partial charge in [-0.05, 0) is 36.4 Å². The first kappa shape index (κ1) is 19.6. The van der Waals surface area contributed by atoms with E-state index in [0.29, 0.717) is 16.7 Å². The first-order valence-corrected chi connectivity index (χ1v) is 9.17. The number of para-hydroxylation sites is 1. The molecule has 0 radical (unpaired) electrons. The van der Waals surface area contributed by atoms with Gasteiger partial charge in [0.1, 0.15) is 16.9 Å². The van der Waals surface area contributed by atoms with Gasteiger partial charge in [-0.3, -0.25) is 20.3 Å². The van der Waals surface area contributed by atoms with Gasteiger partial charge in [-0.15, -0.1) is 5.10 Å². The summed E-state index contributed by atoms with van der Waals surface area (Å²) < 4.78 is 5.76. The van der Waals surface area contributed by atoms with E-state index < -0.39 is 10.8 Å². The van der Waals surface area contributed by atoms with Crippen LogP contribution in [0.4, 0.5) is 17.1 Å². The number of anilines is 2. The number of aromatic hydroxyl groups is 1. The highest BCUT2D eigenvalue weighted by Crippen LogP contribution is 2.21. The predicted molar refractivity (Wildman–Crippen MR) is 115 cm³/mol. The van der Waals surface area contributed by atoms with Crippen LogP contribution in [0, 0.1) is 10.1 Å². The van der Waals surface area contributed by atoms with Crippen molar-refractivity contribution in [2.75, 3.05) is 10.7 Å². The Morgan fingerprint density at radius 3 is 2.52 bits per heavy atom. The van der Waals surface area contributed by atoms with Crippen LogP contribution in [0.15, 0.2) is 88.4 Å². The molecule has 0 saturated carbocycles. The van der Waals surface area contributed by atoms with Crippen molar-refractivity contribution >= 4 is 33.9 Å². The first-order valence-electron chi connectivity index (χ1n) is 9.17. The number of hydrogen-bond donors (Lipinski definition) is 3. The van der Waals surface area contributed by atoms with Crippen molar-refractivity contribution in [3.63, 3.8) is 0 Å². The molecular formula is C22H16N4O5. The minimum atomic E-state index is -0.562. The van der Waals surface area contributed by atoms with Gasteiger partial charge in [0, 0.05) is 29.3 Å². The molecule has 0 spiro atoms. The summed E-state index contributed by atoms with van der Waals surface area (Å²) in [4.78, 5) is 23.4. The van der Waals surface area contributed by atoms with E-state index in [1.807, 2.05) is 18.2 Å². The summed E-state index contributed by atoms with van der Waals surface area (Å²) >= 11 is 0. The summed E-state index contributed by atoms with van der Waals surface area (Å²) in [6, 6.07) is 20.7. The molecule has 0 bridgehead atoms. The molecule has 0 aliphatic rings. The number of benzene rings is 3. The molecule has 0 aliphatic carbocycles. The number of hydrogen-bond acceptors (Lipinski definition) is 7. The Morgan fingerprint density at radius 1 is 0.968 bits per heavy atom. The van der Waals surface area contributed by atoms with Gasteiger partial charge in [0.15, 0.2) is 0 Å². The maximum Gasteiger partial charge on any atom is 0.271 e. The number of fused-ring (bicyclic) bond motifs is 1. The Balaban J connectivity index is 1.75. The van der Waals surface area contributed by atoms with Crippen LogP contribution >= 0.6 is 0 Å². The first-order chi connectivity index (χ1) is 15.0. The summed E-state index contributed by atoms with van der Waals surface area (Å²) in [5, 5.41) is 28.1. The fourth-order valence-corrected chi connectivity index (χ4v) is 2.88. The predicted octanol–water partition coefficient (Wildman–Crippen LogP) is 4.23. The Hall–Kier alpha value is -4.66. The maximum atomic E-state index is 13.0. The molecular weight excluding hydrogens is 400 g/mol. The number of amides is 1. The zero-order valence-corrected chi connectivity index (χ0v) is 16.0. The summed E-state index contributed by atoms with van der Waals surface area (Å²) in [6.07, 6.45) is 0. The average Bonchev–Trinajstić information content (AvgIpc) is 2.77. The second-order valence-corrected chi connectivity index (χ2v) is 6.54. The third-order valence-electron chi connectivity index (χ3n) is 4.35. The van der Waals surface area contributed by atoms with Gasteiger partial charge in [0.2, 0.25) is 5.55 Å². The third-order valence-corrected chi connectivity index (χ3v) is 4.35. The van der Waals surface area contributed by atoms with Gasteiger partial charge in [-0.1, -0.05) is 24.3 Å². The van der Waals surface area contributed by atoms with Gasteiger partial charge in [-0.2, -0.15) is 0 Å². The lowest BCUT2D eigenvalue weighted by atomic mass is 10.1. The number of non-ortho nitro benzene ring substituents is 1. The second-order valence-electron chi connectivity index (χ2n) is 6.54. The zero-order valence-electron chi connectivity index (χ0n) is 16.0. The highest BCUT2D eigenvalue weighted by atomic mass is 16.6. The van der Waals surface area contributed by atoms with Gasteiger partial charge < -0.3 is 14.8 Å². The van der Waals surface area contributed by atoms with Crippen LogP contribution < -0.4 is 16.3 Å². The maximum absolute atomic E-state index is 13.0. The lowest BCUT2D eigenvalue weighted by Crippen LogP contribution is -2.22. The lowest BCUT2D eigenvalue weighted by molar-refractivity contribution is -0.384. The average molecular weight is 416 g/mol. The van der Waals surface area contributed by atoms with Crippen LogP contribution in [0.1, 0.15) is 10.4 Å². The van der Waals surface area contributed by atoms with E-state index in [1.54, 1.807) is 30.3 Å². The van der Waals surface area contributed by atoms with Crippen molar-refractivity contribution in [2.24, 2.45) is 5.10 Å². The molecule has 9 heteroatoms. The van der Waals surface area contributed by atoms with Gasteiger partial charge in [0.25, 0.3) is 11.6 Å². The monoisotopic (exact) mass is 416 g/mol. The number of carbonyl (C=O) groups is 1. The molecule has 0 fully saturated rings. The zero-order chi connectivity index (χ0) is 21.8. The highest BCUT2D eigenvalue weighted by Gasteiger charge is 2.15. The molecule has 1 aromatic heterocycles. The Bertz CT molecular complexity index is 1350. The van der Waals surface area contributed by atoms with E-state index in [-0.39, 0.29) is 28.2 Å². The quantitative estimate of drug-likeness (QED) is 0.330. The van der Waals surface area contributed by atoms with Crippen LogP contribution in [-0.4, -0.2) is 15.9 Å². The second kappa shape index (κ2) is 8.37. The van der Waals surface area contributed by atoms with Crippen molar-refractivity contribution in [2.45, 2.75) is 0 Å². The number of phenolic OH excluding ortho intramolecular Hbond substituents is 1. The van der Waals surface area contributed by atoms with Crippen LogP contribution in [-0.2, 0) is 0 Å². The minimum Gasteiger partial charge on any atom is -0.508 e. The fourth-order valence-electron chi connectivity index (χ4n) is 2.88. The Kier molecular flexibility index (Phi) is 5.31. The molecule has 0 unspecified atom stereocenters. The number of nitrogens with zero attached hydrogens (tertiary/aromatic N) is 2. The topological polar surface area (TPSA) is 130 Å². The van der Waals surface area contributed by atoms with Crippen LogP contribution in [0.2, 0.25) is 0 Å². The SMILES string of the molecule is O=C(Nc1cccc([N+](=O)[O-])c1)c1cc2ccc(O)cc2o/c1=N\Nc1ccccc1. The minimum absolute atomic E-state index is 0.00650. The molecule has 0 saturated heterocycles. The standard InChI is InChI=1S/C22H16N4O5/c27-18-10-9-14-11-19(21(28)23-16-7-4-8-17(12-16)26(29)30)22(31-20(14)13-18)25-24-15-5-2-1-3-6-15/h1-13,24,27H,(H,23,28)/b25-22-. The molecule has 4 rings (SSSR count). The van der Waals surface area contributed by atoms with Crippen molar-refractivity contribution in [3.8, 4) is 5.75 Å². The molecule has 4 aromatic rings. The largest absolute Gasteiger partial charge is 0.508 e. The number of phenols is 1. The number of rotatable bonds is 5. The highest BCUT2D eigenvalue weighted by molar-refractivity contribution is 6.05. The summed E-state index contributed by atoms with van der Waals surface area (Å²) in [5.74, 6) is -0.556. The molecule has 31 heavy (non-hydrogen) atoms. The van der Waals surface area contributed by atoms with E-state index >= 15 is 0 Å². The number of nitro groups is 1.